The van der Waals surface area contributed by atoms with E-state index in [2.05, 4.69) is 15.3 Å². The molecule has 0 unspecified atom stereocenters. The molecule has 4 nitrogen and oxygen atoms in total. The van der Waals surface area contributed by atoms with Crippen LogP contribution >= 0.6 is 0 Å². The number of benzene rings is 1. The van der Waals surface area contributed by atoms with Crippen molar-refractivity contribution in [2.45, 2.75) is 20.0 Å². The van der Waals surface area contributed by atoms with Crippen molar-refractivity contribution >= 4 is 5.69 Å². The number of nitrogens with one attached hydrogen (secondary N) is 1. The molecular weight excluding hydrogens is 212 g/mol. The van der Waals surface area contributed by atoms with Gasteiger partial charge in [-0.3, -0.25) is 9.97 Å². The Balaban J connectivity index is 1.88. The van der Waals surface area contributed by atoms with Gasteiger partial charge < -0.3 is 11.1 Å². The number of hydrogen-bond donors (Lipinski definition) is 2. The number of aromatic nitrogens is 2. The van der Waals surface area contributed by atoms with Crippen LogP contribution in [0, 0.1) is 6.92 Å². The van der Waals surface area contributed by atoms with E-state index in [9.17, 15) is 0 Å². The highest BCUT2D eigenvalue weighted by atomic mass is 14.9. The second kappa shape index (κ2) is 5.41. The summed E-state index contributed by atoms with van der Waals surface area (Å²) in [6, 6.07) is 7.84. The smallest absolute Gasteiger partial charge is 0.0724 e. The molecule has 3 N–H and O–H groups in total. The highest BCUT2D eigenvalue weighted by Crippen LogP contribution is 2.09. The van der Waals surface area contributed by atoms with Crippen LogP contribution in [0.1, 0.15) is 17.0 Å². The maximum Gasteiger partial charge on any atom is 0.0724 e. The molecule has 2 aromatic rings. The normalized spacial score (nSPS) is 10.4. The van der Waals surface area contributed by atoms with Crippen LogP contribution in [-0.2, 0) is 13.1 Å². The quantitative estimate of drug-likeness (QED) is 0.781. The Morgan fingerprint density at radius 2 is 1.94 bits per heavy atom. The van der Waals surface area contributed by atoms with Gasteiger partial charge in [-0.1, -0.05) is 18.2 Å². The molecule has 0 aliphatic rings. The Kier molecular flexibility index (Phi) is 3.67. The molecular formula is C13H16N4. The van der Waals surface area contributed by atoms with E-state index in [1.807, 2.05) is 31.2 Å². The van der Waals surface area contributed by atoms with E-state index < -0.39 is 0 Å². The van der Waals surface area contributed by atoms with Crippen molar-refractivity contribution in [3.8, 4) is 0 Å². The van der Waals surface area contributed by atoms with Crippen molar-refractivity contribution in [2.75, 3.05) is 5.73 Å². The largest absolute Gasteiger partial charge is 0.398 e. The second-order valence-corrected chi connectivity index (χ2v) is 3.95. The lowest BCUT2D eigenvalue weighted by Gasteiger charge is -2.06. The van der Waals surface area contributed by atoms with Crippen molar-refractivity contribution in [1.29, 1.82) is 0 Å². The lowest BCUT2D eigenvalue weighted by atomic mass is 10.2. The average Bonchev–Trinajstić information content (AvgIpc) is 2.34. The van der Waals surface area contributed by atoms with Gasteiger partial charge in [-0.25, -0.2) is 0 Å². The average molecular weight is 228 g/mol. The molecule has 88 valence electrons. The Labute approximate surface area is 101 Å². The van der Waals surface area contributed by atoms with E-state index in [4.69, 9.17) is 5.73 Å². The number of nitrogen functional groups attached to an aromatic ring is 1. The predicted octanol–water partition coefficient (Wildman–Crippen LogP) is 1.66. The Morgan fingerprint density at radius 3 is 2.65 bits per heavy atom. The predicted molar refractivity (Wildman–Crippen MR) is 68.2 cm³/mol. The summed E-state index contributed by atoms with van der Waals surface area (Å²) in [7, 11) is 0. The topological polar surface area (TPSA) is 63.8 Å². The zero-order valence-electron chi connectivity index (χ0n) is 9.85. The lowest BCUT2D eigenvalue weighted by molar-refractivity contribution is 0.677. The van der Waals surface area contributed by atoms with Crippen LogP contribution < -0.4 is 11.1 Å². The van der Waals surface area contributed by atoms with Gasteiger partial charge in [-0.2, -0.15) is 0 Å². The standard InChI is InChI=1S/C13H16N4/c1-10-6-17-12(9-16-10)8-15-7-11-4-2-3-5-13(11)14/h2-6,9,15H,7-8,14H2,1H3. The van der Waals surface area contributed by atoms with Crippen LogP contribution in [0.4, 0.5) is 5.69 Å². The number of aryl methyl sites for hydroxylation is 1. The third-order valence-corrected chi connectivity index (χ3v) is 2.51. The summed E-state index contributed by atoms with van der Waals surface area (Å²) in [5.74, 6) is 0. The minimum Gasteiger partial charge on any atom is -0.398 e. The number of rotatable bonds is 4. The Morgan fingerprint density at radius 1 is 1.12 bits per heavy atom. The minimum absolute atomic E-state index is 0.696. The minimum atomic E-state index is 0.696. The first kappa shape index (κ1) is 11.5. The molecule has 2 rings (SSSR count). The van der Waals surface area contributed by atoms with Crippen molar-refractivity contribution in [3.05, 3.63) is 53.6 Å². The lowest BCUT2D eigenvalue weighted by Crippen LogP contribution is -2.15. The number of nitrogens with zero attached hydrogens (tertiary/aromatic N) is 2. The van der Waals surface area contributed by atoms with Crippen molar-refractivity contribution in [3.63, 3.8) is 0 Å². The molecule has 0 aliphatic heterocycles. The van der Waals surface area contributed by atoms with E-state index >= 15 is 0 Å². The molecule has 4 heteroatoms. The first-order valence-corrected chi connectivity index (χ1v) is 5.57. The molecule has 0 bridgehead atoms. The fourth-order valence-electron chi connectivity index (χ4n) is 1.53. The second-order valence-electron chi connectivity index (χ2n) is 3.95. The third kappa shape index (κ3) is 3.26. The molecule has 1 aromatic heterocycles. The van der Waals surface area contributed by atoms with E-state index in [0.29, 0.717) is 6.54 Å². The molecule has 0 spiro atoms. The van der Waals surface area contributed by atoms with Gasteiger partial charge in [-0.05, 0) is 18.6 Å². The van der Waals surface area contributed by atoms with Crippen LogP contribution in [-0.4, -0.2) is 9.97 Å². The maximum atomic E-state index is 5.85. The summed E-state index contributed by atoms with van der Waals surface area (Å²) in [5.41, 5.74) is 9.64. The van der Waals surface area contributed by atoms with E-state index in [-0.39, 0.29) is 0 Å². The third-order valence-electron chi connectivity index (χ3n) is 2.51. The molecule has 0 amide bonds. The highest BCUT2D eigenvalue weighted by Gasteiger charge is 1.98. The number of para-hydroxylation sites is 1. The summed E-state index contributed by atoms with van der Waals surface area (Å²) in [5, 5.41) is 3.30. The summed E-state index contributed by atoms with van der Waals surface area (Å²) in [6.45, 7) is 3.36. The van der Waals surface area contributed by atoms with E-state index in [0.717, 1.165) is 29.2 Å². The first-order valence-electron chi connectivity index (χ1n) is 5.57. The SMILES string of the molecule is Cc1cnc(CNCc2ccccc2N)cn1. The van der Waals surface area contributed by atoms with E-state index in [1.165, 1.54) is 0 Å². The molecule has 0 atom stereocenters. The van der Waals surface area contributed by atoms with Crippen LogP contribution in [0.15, 0.2) is 36.7 Å². The molecule has 0 saturated heterocycles. The van der Waals surface area contributed by atoms with Gasteiger partial charge in [0.05, 0.1) is 11.4 Å². The zero-order chi connectivity index (χ0) is 12.1. The van der Waals surface area contributed by atoms with Gasteiger partial charge in [-0.15, -0.1) is 0 Å². The summed E-state index contributed by atoms with van der Waals surface area (Å²) >= 11 is 0. The van der Waals surface area contributed by atoms with Crippen molar-refractivity contribution < 1.29 is 0 Å². The van der Waals surface area contributed by atoms with Gasteiger partial charge in [0.25, 0.3) is 0 Å². The van der Waals surface area contributed by atoms with Crippen LogP contribution in [0.3, 0.4) is 0 Å². The van der Waals surface area contributed by atoms with Gasteiger partial charge in [0.15, 0.2) is 0 Å². The van der Waals surface area contributed by atoms with Crippen LogP contribution in [0.25, 0.3) is 0 Å². The van der Waals surface area contributed by atoms with Gasteiger partial charge in [0.2, 0.25) is 0 Å². The molecule has 0 aliphatic carbocycles. The Hall–Kier alpha value is -1.94. The van der Waals surface area contributed by atoms with Crippen molar-refractivity contribution in [1.82, 2.24) is 15.3 Å². The van der Waals surface area contributed by atoms with Gasteiger partial charge in [0.1, 0.15) is 0 Å². The summed E-state index contributed by atoms with van der Waals surface area (Å²) in [4.78, 5) is 8.47. The zero-order valence-corrected chi connectivity index (χ0v) is 9.85. The first-order chi connectivity index (χ1) is 8.25. The van der Waals surface area contributed by atoms with Crippen LogP contribution in [0.5, 0.6) is 0 Å². The fourth-order valence-corrected chi connectivity index (χ4v) is 1.53. The molecule has 1 aromatic carbocycles. The Bertz CT molecular complexity index is 479. The number of anilines is 1. The molecule has 0 fully saturated rings. The maximum absolute atomic E-state index is 5.85. The van der Waals surface area contributed by atoms with Crippen LogP contribution in [0.2, 0.25) is 0 Å². The van der Waals surface area contributed by atoms with Gasteiger partial charge >= 0.3 is 0 Å². The summed E-state index contributed by atoms with van der Waals surface area (Å²) < 4.78 is 0. The highest BCUT2D eigenvalue weighted by molar-refractivity contribution is 5.46. The molecule has 0 radical (unpaired) electrons. The molecule has 1 heterocycles. The monoisotopic (exact) mass is 228 g/mol. The van der Waals surface area contributed by atoms with Crippen molar-refractivity contribution in [2.24, 2.45) is 0 Å². The van der Waals surface area contributed by atoms with Gasteiger partial charge in [0, 0.05) is 31.2 Å². The number of nitrogens with two attached hydrogens (primary N) is 1. The molecule has 0 saturated carbocycles. The number of hydrogen-bond acceptors (Lipinski definition) is 4. The van der Waals surface area contributed by atoms with E-state index in [1.54, 1.807) is 12.4 Å². The summed E-state index contributed by atoms with van der Waals surface area (Å²) in [6.07, 6.45) is 3.56. The fraction of sp³-hybridized carbons (Fsp3) is 0.231. The molecule has 17 heavy (non-hydrogen) atoms.